The van der Waals surface area contributed by atoms with Gasteiger partial charge in [-0.05, 0) is 50.5 Å². The summed E-state index contributed by atoms with van der Waals surface area (Å²) in [6, 6.07) is 7.24. The van der Waals surface area contributed by atoms with Crippen LogP contribution in [-0.2, 0) is 0 Å². The minimum Gasteiger partial charge on any atom is -0.488 e. The fourth-order valence-corrected chi connectivity index (χ4v) is 3.41. The predicted molar refractivity (Wildman–Crippen MR) is 90.1 cm³/mol. The van der Waals surface area contributed by atoms with Gasteiger partial charge in [-0.2, -0.15) is 0 Å². The lowest BCUT2D eigenvalue weighted by Crippen LogP contribution is -2.34. The average Bonchev–Trinajstić information content (AvgIpc) is 2.98. The molecule has 3 rings (SSSR count). The number of rotatable bonds is 4. The lowest BCUT2D eigenvalue weighted by molar-refractivity contribution is 0.00688. The standard InChI is InChI=1S/C17H20N2O3S/c1-11-16(23-10-18-11)17(21)19-12-6-8-13(9-7-12)22-15-5-3-2-4-14(15)20/h6-10,14-15,20H,2-5H2,1H3,(H,19,21). The summed E-state index contributed by atoms with van der Waals surface area (Å²) in [5.41, 5.74) is 3.11. The third-order valence-electron chi connectivity index (χ3n) is 4.02. The monoisotopic (exact) mass is 332 g/mol. The van der Waals surface area contributed by atoms with Crippen LogP contribution in [0, 0.1) is 6.92 Å². The van der Waals surface area contributed by atoms with Crippen LogP contribution in [0.25, 0.3) is 0 Å². The molecule has 1 aromatic carbocycles. The van der Waals surface area contributed by atoms with Gasteiger partial charge in [0.1, 0.15) is 16.7 Å². The summed E-state index contributed by atoms with van der Waals surface area (Å²) in [6.45, 7) is 1.82. The number of aliphatic hydroxyl groups is 1. The van der Waals surface area contributed by atoms with E-state index in [9.17, 15) is 9.90 Å². The Morgan fingerprint density at radius 3 is 2.70 bits per heavy atom. The Morgan fingerprint density at radius 2 is 2.04 bits per heavy atom. The highest BCUT2D eigenvalue weighted by Gasteiger charge is 2.24. The molecule has 2 unspecified atom stereocenters. The maximum atomic E-state index is 12.1. The van der Waals surface area contributed by atoms with Crippen molar-refractivity contribution in [2.75, 3.05) is 5.32 Å². The minimum absolute atomic E-state index is 0.135. The molecule has 1 amide bonds. The van der Waals surface area contributed by atoms with Crippen LogP contribution in [0.2, 0.25) is 0 Å². The van der Waals surface area contributed by atoms with Crippen molar-refractivity contribution in [3.8, 4) is 5.75 Å². The Labute approximate surface area is 139 Å². The van der Waals surface area contributed by atoms with Gasteiger partial charge in [0, 0.05) is 5.69 Å². The highest BCUT2D eigenvalue weighted by Crippen LogP contribution is 2.25. The van der Waals surface area contributed by atoms with Gasteiger partial charge in [0.15, 0.2) is 0 Å². The number of amides is 1. The fourth-order valence-electron chi connectivity index (χ4n) is 2.71. The number of aryl methyl sites for hydroxylation is 1. The van der Waals surface area contributed by atoms with E-state index < -0.39 is 6.10 Å². The maximum Gasteiger partial charge on any atom is 0.267 e. The number of thiazole rings is 1. The molecule has 1 aliphatic carbocycles. The minimum atomic E-state index is -0.391. The van der Waals surface area contributed by atoms with Gasteiger partial charge in [-0.15, -0.1) is 11.3 Å². The van der Waals surface area contributed by atoms with Crippen molar-refractivity contribution in [1.29, 1.82) is 0 Å². The molecule has 23 heavy (non-hydrogen) atoms. The van der Waals surface area contributed by atoms with E-state index in [1.807, 2.05) is 19.1 Å². The van der Waals surface area contributed by atoms with Gasteiger partial charge in [0.25, 0.3) is 5.91 Å². The molecule has 1 aliphatic rings. The van der Waals surface area contributed by atoms with E-state index >= 15 is 0 Å². The van der Waals surface area contributed by atoms with Crippen LogP contribution in [0.1, 0.15) is 41.0 Å². The molecule has 6 heteroatoms. The van der Waals surface area contributed by atoms with Crippen molar-refractivity contribution in [3.63, 3.8) is 0 Å². The second kappa shape index (κ2) is 7.10. The highest BCUT2D eigenvalue weighted by atomic mass is 32.1. The summed E-state index contributed by atoms with van der Waals surface area (Å²) in [6.07, 6.45) is 3.30. The van der Waals surface area contributed by atoms with Gasteiger partial charge in [-0.1, -0.05) is 6.42 Å². The first-order chi connectivity index (χ1) is 11.1. The maximum absolute atomic E-state index is 12.1. The van der Waals surface area contributed by atoms with Crippen LogP contribution in [0.3, 0.4) is 0 Å². The van der Waals surface area contributed by atoms with Crippen LogP contribution >= 0.6 is 11.3 Å². The molecule has 0 aliphatic heterocycles. The molecule has 0 radical (unpaired) electrons. The van der Waals surface area contributed by atoms with Crippen LogP contribution in [0.15, 0.2) is 29.8 Å². The van der Waals surface area contributed by atoms with Crippen molar-refractivity contribution in [2.45, 2.75) is 44.8 Å². The number of nitrogens with zero attached hydrogens (tertiary/aromatic N) is 1. The lowest BCUT2D eigenvalue weighted by Gasteiger charge is -2.28. The predicted octanol–water partition coefficient (Wildman–Crippen LogP) is 3.39. The second-order valence-electron chi connectivity index (χ2n) is 5.75. The van der Waals surface area contributed by atoms with Crippen LogP contribution in [-0.4, -0.2) is 28.2 Å². The van der Waals surface area contributed by atoms with Gasteiger partial charge in [0.05, 0.1) is 17.3 Å². The number of nitrogens with one attached hydrogen (secondary N) is 1. The summed E-state index contributed by atoms with van der Waals surface area (Å²) < 4.78 is 5.85. The fraction of sp³-hybridized carbons (Fsp3) is 0.412. The number of ether oxygens (including phenoxy) is 1. The molecule has 2 N–H and O–H groups in total. The Balaban J connectivity index is 1.61. The summed E-state index contributed by atoms with van der Waals surface area (Å²) in [7, 11) is 0. The third-order valence-corrected chi connectivity index (χ3v) is 4.95. The van der Waals surface area contributed by atoms with Crippen molar-refractivity contribution < 1.29 is 14.6 Å². The summed E-state index contributed by atoms with van der Waals surface area (Å²) in [5, 5.41) is 12.8. The molecule has 0 bridgehead atoms. The van der Waals surface area contributed by atoms with E-state index in [-0.39, 0.29) is 12.0 Å². The van der Waals surface area contributed by atoms with Crippen molar-refractivity contribution in [2.24, 2.45) is 0 Å². The Bertz CT molecular complexity index is 669. The number of aliphatic hydroxyl groups excluding tert-OH is 1. The highest BCUT2D eigenvalue weighted by molar-refractivity contribution is 7.12. The van der Waals surface area contributed by atoms with Crippen LogP contribution in [0.5, 0.6) is 5.75 Å². The molecule has 1 saturated carbocycles. The molecule has 5 nitrogen and oxygen atoms in total. The van der Waals surface area contributed by atoms with Gasteiger partial charge >= 0.3 is 0 Å². The smallest absolute Gasteiger partial charge is 0.267 e. The van der Waals surface area contributed by atoms with E-state index in [0.717, 1.165) is 31.4 Å². The van der Waals surface area contributed by atoms with E-state index in [2.05, 4.69) is 10.3 Å². The first kappa shape index (κ1) is 16.0. The zero-order chi connectivity index (χ0) is 16.2. The zero-order valence-electron chi connectivity index (χ0n) is 13.0. The van der Waals surface area contributed by atoms with Crippen molar-refractivity contribution in [1.82, 2.24) is 4.98 Å². The molecule has 1 heterocycles. The third kappa shape index (κ3) is 3.89. The molecule has 0 saturated heterocycles. The summed E-state index contributed by atoms with van der Waals surface area (Å²) >= 11 is 1.33. The van der Waals surface area contributed by atoms with Gasteiger partial charge in [0.2, 0.25) is 0 Å². The molecule has 1 aromatic heterocycles. The molecule has 0 spiro atoms. The normalized spacial score (nSPS) is 21.0. The van der Waals surface area contributed by atoms with Gasteiger partial charge < -0.3 is 15.2 Å². The number of anilines is 1. The summed E-state index contributed by atoms with van der Waals surface area (Å²) in [5.74, 6) is 0.560. The number of hydrogen-bond acceptors (Lipinski definition) is 5. The van der Waals surface area contributed by atoms with Gasteiger partial charge in [-0.3, -0.25) is 4.79 Å². The number of carbonyl (C=O) groups is 1. The average molecular weight is 332 g/mol. The van der Waals surface area contributed by atoms with Gasteiger partial charge in [-0.25, -0.2) is 4.98 Å². The molecular formula is C17H20N2O3S. The van der Waals surface area contributed by atoms with Crippen LogP contribution in [0.4, 0.5) is 5.69 Å². The summed E-state index contributed by atoms with van der Waals surface area (Å²) in [4.78, 5) is 16.8. The number of hydrogen-bond donors (Lipinski definition) is 2. The topological polar surface area (TPSA) is 71.5 Å². The molecule has 2 aromatic rings. The number of aromatic nitrogens is 1. The second-order valence-corrected chi connectivity index (χ2v) is 6.61. The van der Waals surface area contributed by atoms with Crippen LogP contribution < -0.4 is 10.1 Å². The quantitative estimate of drug-likeness (QED) is 0.900. The Morgan fingerprint density at radius 1 is 1.30 bits per heavy atom. The Hall–Kier alpha value is -1.92. The van der Waals surface area contributed by atoms with Crippen molar-refractivity contribution >= 4 is 22.9 Å². The first-order valence-electron chi connectivity index (χ1n) is 7.79. The van der Waals surface area contributed by atoms with E-state index in [4.69, 9.17) is 4.74 Å². The molecular weight excluding hydrogens is 312 g/mol. The number of benzene rings is 1. The SMILES string of the molecule is Cc1ncsc1C(=O)Nc1ccc(OC2CCCCC2O)cc1. The first-order valence-corrected chi connectivity index (χ1v) is 8.67. The van der Waals surface area contributed by atoms with E-state index in [0.29, 0.717) is 16.3 Å². The van der Waals surface area contributed by atoms with E-state index in [1.165, 1.54) is 11.3 Å². The molecule has 1 fully saturated rings. The molecule has 122 valence electrons. The largest absolute Gasteiger partial charge is 0.488 e. The number of carbonyl (C=O) groups excluding carboxylic acids is 1. The lowest BCUT2D eigenvalue weighted by atomic mass is 9.95. The van der Waals surface area contributed by atoms with Crippen molar-refractivity contribution in [3.05, 3.63) is 40.3 Å². The zero-order valence-corrected chi connectivity index (χ0v) is 13.8. The molecule has 2 atom stereocenters. The Kier molecular flexibility index (Phi) is 4.93. The van der Waals surface area contributed by atoms with E-state index in [1.54, 1.807) is 17.6 Å².